The van der Waals surface area contributed by atoms with Gasteiger partial charge in [0.25, 0.3) is 5.91 Å². The smallest absolute Gasteiger partial charge is 0.290 e. The lowest BCUT2D eigenvalue weighted by molar-refractivity contribution is -0.125. The van der Waals surface area contributed by atoms with Crippen molar-refractivity contribution in [3.8, 4) is 0 Å². The Bertz CT molecular complexity index is 1660. The van der Waals surface area contributed by atoms with Gasteiger partial charge >= 0.3 is 0 Å². The highest BCUT2D eigenvalue weighted by Gasteiger charge is 2.38. The summed E-state index contributed by atoms with van der Waals surface area (Å²) in [6, 6.07) is 11.4. The predicted molar refractivity (Wildman–Crippen MR) is 135 cm³/mol. The zero-order valence-corrected chi connectivity index (χ0v) is 19.9. The Morgan fingerprint density at radius 3 is 2.84 bits per heavy atom. The van der Waals surface area contributed by atoms with E-state index in [-0.39, 0.29) is 30.5 Å². The van der Waals surface area contributed by atoms with Gasteiger partial charge in [-0.1, -0.05) is 6.07 Å². The molecule has 9 nitrogen and oxygen atoms in total. The second kappa shape index (κ2) is 9.05. The molecular weight excluding hydrogens is 475 g/mol. The second-order valence-electron chi connectivity index (χ2n) is 8.90. The van der Waals surface area contributed by atoms with Crippen LogP contribution in [0.25, 0.3) is 21.9 Å². The Morgan fingerprint density at radius 2 is 2.00 bits per heavy atom. The van der Waals surface area contributed by atoms with E-state index in [0.717, 1.165) is 16.7 Å². The molecule has 1 aliphatic rings. The highest BCUT2D eigenvalue weighted by atomic mass is 19.1. The number of amides is 2. The van der Waals surface area contributed by atoms with Gasteiger partial charge in [0.05, 0.1) is 23.8 Å². The molecule has 3 N–H and O–H groups in total. The number of carbonyl (C=O) groups is 2. The number of halogens is 1. The largest absolute Gasteiger partial charge is 0.459 e. The molecule has 1 unspecified atom stereocenters. The van der Waals surface area contributed by atoms with Gasteiger partial charge in [0, 0.05) is 60.3 Å². The molecule has 2 aromatic carbocycles. The molecule has 37 heavy (non-hydrogen) atoms. The molecule has 0 radical (unpaired) electrons. The van der Waals surface area contributed by atoms with Crippen LogP contribution < -0.4 is 10.6 Å². The molecule has 0 saturated carbocycles. The van der Waals surface area contributed by atoms with Crippen molar-refractivity contribution >= 4 is 39.4 Å². The van der Waals surface area contributed by atoms with Crippen LogP contribution in [-0.4, -0.2) is 44.8 Å². The van der Waals surface area contributed by atoms with Gasteiger partial charge in [-0.15, -0.1) is 0 Å². The molecular formula is C27H23FN6O3. The first-order chi connectivity index (χ1) is 18.0. The fourth-order valence-electron chi connectivity index (χ4n) is 4.95. The number of furan rings is 1. The first-order valence-electron chi connectivity index (χ1n) is 11.8. The van der Waals surface area contributed by atoms with Crippen LogP contribution in [-0.2, 0) is 24.3 Å². The SMILES string of the molecule is CNC(=O)C1Cc2c([nH]c3cccc(F)c23)CN1C(=O)c1occc1CNc1ccc2nccnc2c1. The van der Waals surface area contributed by atoms with Crippen molar-refractivity contribution in [3.63, 3.8) is 0 Å². The number of nitrogens with zero attached hydrogens (tertiary/aromatic N) is 3. The molecule has 10 heteroatoms. The third-order valence-corrected chi connectivity index (χ3v) is 6.77. The quantitative estimate of drug-likeness (QED) is 0.340. The number of hydrogen-bond donors (Lipinski definition) is 3. The van der Waals surface area contributed by atoms with Crippen LogP contribution in [0, 0.1) is 5.82 Å². The van der Waals surface area contributed by atoms with Gasteiger partial charge in [-0.05, 0) is 42.0 Å². The normalized spacial score (nSPS) is 15.1. The molecule has 0 aliphatic carbocycles. The van der Waals surface area contributed by atoms with Crippen LogP contribution in [0.2, 0.25) is 0 Å². The van der Waals surface area contributed by atoms with E-state index in [1.807, 2.05) is 18.2 Å². The fraction of sp³-hybridized carbons (Fsp3) is 0.185. The van der Waals surface area contributed by atoms with Crippen LogP contribution in [0.15, 0.2) is 65.5 Å². The molecule has 186 valence electrons. The lowest BCUT2D eigenvalue weighted by Gasteiger charge is -2.34. The Morgan fingerprint density at radius 1 is 1.16 bits per heavy atom. The minimum absolute atomic E-state index is 0.122. The summed E-state index contributed by atoms with van der Waals surface area (Å²) in [5.74, 6) is -0.949. The van der Waals surface area contributed by atoms with Crippen LogP contribution in [0.4, 0.5) is 10.1 Å². The molecule has 0 bridgehead atoms. The van der Waals surface area contributed by atoms with E-state index in [9.17, 15) is 14.0 Å². The molecule has 0 spiro atoms. The van der Waals surface area contributed by atoms with E-state index in [1.165, 1.54) is 24.3 Å². The van der Waals surface area contributed by atoms with Crippen molar-refractivity contribution in [3.05, 3.63) is 89.5 Å². The average molecular weight is 499 g/mol. The summed E-state index contributed by atoms with van der Waals surface area (Å²) < 4.78 is 20.2. The van der Waals surface area contributed by atoms with Gasteiger partial charge in [0.2, 0.25) is 5.91 Å². The van der Waals surface area contributed by atoms with Crippen LogP contribution in [0.3, 0.4) is 0 Å². The maximum absolute atomic E-state index is 14.6. The third kappa shape index (κ3) is 3.96. The summed E-state index contributed by atoms with van der Waals surface area (Å²) in [5, 5.41) is 6.39. The minimum Gasteiger partial charge on any atom is -0.459 e. The minimum atomic E-state index is -0.812. The molecule has 0 saturated heterocycles. The number of carbonyl (C=O) groups excluding carboxylic acids is 2. The van der Waals surface area contributed by atoms with Crippen molar-refractivity contribution in [1.82, 2.24) is 25.2 Å². The number of fused-ring (bicyclic) bond motifs is 4. The molecule has 5 aromatic rings. The maximum atomic E-state index is 14.6. The van der Waals surface area contributed by atoms with Crippen molar-refractivity contribution in [2.45, 2.75) is 25.6 Å². The topological polar surface area (TPSA) is 116 Å². The third-order valence-electron chi connectivity index (χ3n) is 6.77. The van der Waals surface area contributed by atoms with E-state index >= 15 is 0 Å². The summed E-state index contributed by atoms with van der Waals surface area (Å²) in [7, 11) is 1.52. The highest BCUT2D eigenvalue weighted by Crippen LogP contribution is 2.33. The van der Waals surface area contributed by atoms with Gasteiger partial charge in [-0.2, -0.15) is 0 Å². The summed E-state index contributed by atoms with van der Waals surface area (Å²) in [5.41, 5.74) is 5.06. The van der Waals surface area contributed by atoms with E-state index in [4.69, 9.17) is 4.42 Å². The summed E-state index contributed by atoms with van der Waals surface area (Å²) in [6.45, 7) is 0.446. The zero-order chi connectivity index (χ0) is 25.5. The van der Waals surface area contributed by atoms with Crippen molar-refractivity contribution in [1.29, 1.82) is 0 Å². The number of rotatable bonds is 5. The van der Waals surface area contributed by atoms with Gasteiger partial charge in [-0.25, -0.2) is 4.39 Å². The van der Waals surface area contributed by atoms with Crippen molar-refractivity contribution < 1.29 is 18.4 Å². The molecule has 1 aliphatic heterocycles. The predicted octanol–water partition coefficient (Wildman–Crippen LogP) is 3.77. The van der Waals surface area contributed by atoms with Gasteiger partial charge in [0.1, 0.15) is 11.9 Å². The van der Waals surface area contributed by atoms with Crippen molar-refractivity contribution in [2.24, 2.45) is 0 Å². The number of aromatic nitrogens is 3. The Labute approximate surface area is 210 Å². The number of anilines is 1. The number of nitrogens with one attached hydrogen (secondary N) is 3. The number of hydrogen-bond acceptors (Lipinski definition) is 6. The molecule has 0 fully saturated rings. The Balaban J connectivity index is 1.28. The molecule has 3 aromatic heterocycles. The first kappa shape index (κ1) is 22.7. The lowest BCUT2D eigenvalue weighted by Crippen LogP contribution is -2.52. The lowest BCUT2D eigenvalue weighted by atomic mass is 9.95. The van der Waals surface area contributed by atoms with E-state index in [1.54, 1.807) is 30.6 Å². The van der Waals surface area contributed by atoms with Gasteiger partial charge < -0.3 is 24.9 Å². The molecule has 4 heterocycles. The highest BCUT2D eigenvalue weighted by molar-refractivity contribution is 5.98. The number of likely N-dealkylation sites (N-methyl/N-ethyl adjacent to an activating group) is 1. The Kier molecular flexibility index (Phi) is 5.56. The number of H-pyrrole nitrogens is 1. The zero-order valence-electron chi connectivity index (χ0n) is 19.9. The Hall–Kier alpha value is -4.73. The molecule has 6 rings (SSSR count). The summed E-state index contributed by atoms with van der Waals surface area (Å²) in [4.78, 5) is 39.8. The standard InChI is InChI=1S/C27H23FN6O3/c1-29-26(35)23-12-17-22(33-20-4-2-3-18(28)24(17)20)14-34(23)27(36)25-15(7-10-37-25)13-32-16-5-6-19-21(11-16)31-9-8-30-19/h2-11,23,32-33H,12-14H2,1H3,(H,29,35). The number of aromatic amines is 1. The van der Waals surface area contributed by atoms with Gasteiger partial charge in [-0.3, -0.25) is 19.6 Å². The fourth-order valence-corrected chi connectivity index (χ4v) is 4.95. The monoisotopic (exact) mass is 498 g/mol. The molecule has 1 atom stereocenters. The van der Waals surface area contributed by atoms with E-state index < -0.39 is 11.9 Å². The van der Waals surface area contributed by atoms with Crippen LogP contribution in [0.5, 0.6) is 0 Å². The maximum Gasteiger partial charge on any atom is 0.290 e. The first-order valence-corrected chi connectivity index (χ1v) is 11.8. The van der Waals surface area contributed by atoms with Crippen LogP contribution in [0.1, 0.15) is 27.4 Å². The average Bonchev–Trinajstić information content (AvgIpc) is 3.55. The molecule has 2 amide bonds. The second-order valence-corrected chi connectivity index (χ2v) is 8.90. The van der Waals surface area contributed by atoms with E-state index in [0.29, 0.717) is 34.3 Å². The van der Waals surface area contributed by atoms with Crippen LogP contribution >= 0.6 is 0 Å². The summed E-state index contributed by atoms with van der Waals surface area (Å²) >= 11 is 0. The number of benzene rings is 2. The van der Waals surface area contributed by atoms with E-state index in [2.05, 4.69) is 25.6 Å². The van der Waals surface area contributed by atoms with Crippen molar-refractivity contribution in [2.75, 3.05) is 12.4 Å². The van der Waals surface area contributed by atoms with Gasteiger partial charge in [0.15, 0.2) is 5.76 Å². The summed E-state index contributed by atoms with van der Waals surface area (Å²) in [6.07, 6.45) is 4.92.